The Bertz CT molecular complexity index is 1210. The second kappa shape index (κ2) is 8.92. The Balaban J connectivity index is 1.51. The first kappa shape index (κ1) is 21.7. The van der Waals surface area contributed by atoms with Gasteiger partial charge in [0.05, 0.1) is 35.3 Å². The Morgan fingerprint density at radius 3 is 2.31 bits per heavy atom. The third-order valence-corrected chi connectivity index (χ3v) is 4.92. The second-order valence-electron chi connectivity index (χ2n) is 6.84. The summed E-state index contributed by atoms with van der Waals surface area (Å²) in [7, 11) is 1.53. The molecular formula is C23H17ClF3N3O2. The number of pyridine rings is 1. The number of alkyl halides is 3. The molecular weight excluding hydrogens is 443 g/mol. The van der Waals surface area contributed by atoms with E-state index in [9.17, 15) is 13.2 Å². The molecule has 32 heavy (non-hydrogen) atoms. The van der Waals surface area contributed by atoms with Crippen LogP contribution >= 0.6 is 11.6 Å². The summed E-state index contributed by atoms with van der Waals surface area (Å²) in [5, 5.41) is 0.547. The number of nitrogens with zero attached hydrogens (tertiary/aromatic N) is 2. The van der Waals surface area contributed by atoms with Crippen molar-refractivity contribution in [3.63, 3.8) is 0 Å². The van der Waals surface area contributed by atoms with Crippen molar-refractivity contribution in [3.8, 4) is 34.1 Å². The van der Waals surface area contributed by atoms with Crippen LogP contribution in [0, 0.1) is 0 Å². The summed E-state index contributed by atoms with van der Waals surface area (Å²) in [4.78, 5) is 11.6. The highest BCUT2D eigenvalue weighted by atomic mass is 35.5. The van der Waals surface area contributed by atoms with Gasteiger partial charge in [-0.1, -0.05) is 23.7 Å². The lowest BCUT2D eigenvalue weighted by Crippen LogP contribution is -2.04. The van der Waals surface area contributed by atoms with Gasteiger partial charge in [-0.25, -0.2) is 4.98 Å². The number of aromatic nitrogens is 3. The number of ether oxygens (including phenoxy) is 2. The van der Waals surface area contributed by atoms with Gasteiger partial charge in [0.1, 0.15) is 12.4 Å². The smallest absolute Gasteiger partial charge is 0.416 e. The summed E-state index contributed by atoms with van der Waals surface area (Å²) in [6.45, 7) is 0.245. The van der Waals surface area contributed by atoms with E-state index in [-0.39, 0.29) is 6.61 Å². The van der Waals surface area contributed by atoms with Gasteiger partial charge in [-0.05, 0) is 42.5 Å². The van der Waals surface area contributed by atoms with Gasteiger partial charge >= 0.3 is 6.18 Å². The molecule has 0 spiro atoms. The highest BCUT2D eigenvalue weighted by Gasteiger charge is 2.30. The van der Waals surface area contributed by atoms with Crippen LogP contribution in [0.5, 0.6) is 11.5 Å². The van der Waals surface area contributed by atoms with Crippen LogP contribution in [0.1, 0.15) is 11.3 Å². The van der Waals surface area contributed by atoms with Crippen LogP contribution in [-0.4, -0.2) is 22.1 Å². The van der Waals surface area contributed by atoms with Crippen molar-refractivity contribution < 1.29 is 22.6 Å². The van der Waals surface area contributed by atoms with Crippen molar-refractivity contribution in [2.24, 2.45) is 0 Å². The zero-order valence-electron chi connectivity index (χ0n) is 16.8. The molecule has 0 aliphatic carbocycles. The Morgan fingerprint density at radius 1 is 0.906 bits per heavy atom. The maximum absolute atomic E-state index is 12.8. The van der Waals surface area contributed by atoms with E-state index in [4.69, 9.17) is 21.1 Å². The van der Waals surface area contributed by atoms with Crippen molar-refractivity contribution >= 4 is 11.6 Å². The van der Waals surface area contributed by atoms with E-state index in [0.29, 0.717) is 33.6 Å². The highest BCUT2D eigenvalue weighted by Crippen LogP contribution is 2.34. The molecule has 1 N–H and O–H groups in total. The molecule has 0 atom stereocenters. The lowest BCUT2D eigenvalue weighted by Gasteiger charge is -2.11. The number of hydrogen-bond acceptors (Lipinski definition) is 4. The molecule has 5 nitrogen and oxygen atoms in total. The fourth-order valence-electron chi connectivity index (χ4n) is 3.03. The monoisotopic (exact) mass is 459 g/mol. The van der Waals surface area contributed by atoms with E-state index in [2.05, 4.69) is 15.0 Å². The first-order valence-electron chi connectivity index (χ1n) is 9.48. The molecule has 164 valence electrons. The van der Waals surface area contributed by atoms with E-state index in [1.807, 2.05) is 6.07 Å². The van der Waals surface area contributed by atoms with Gasteiger partial charge < -0.3 is 14.5 Å². The number of hydrogen-bond donors (Lipinski definition) is 1. The number of methoxy groups -OCH3 is 1. The minimum atomic E-state index is -4.38. The van der Waals surface area contributed by atoms with E-state index in [0.717, 1.165) is 23.4 Å². The molecule has 0 unspecified atom stereocenters. The van der Waals surface area contributed by atoms with Crippen LogP contribution in [0.25, 0.3) is 22.6 Å². The van der Waals surface area contributed by atoms with Crippen LogP contribution in [0.15, 0.2) is 67.0 Å². The number of benzene rings is 2. The van der Waals surface area contributed by atoms with Crippen LogP contribution in [0.4, 0.5) is 13.2 Å². The summed E-state index contributed by atoms with van der Waals surface area (Å²) in [6.07, 6.45) is -1.22. The number of rotatable bonds is 6. The van der Waals surface area contributed by atoms with Gasteiger partial charge in [0.15, 0.2) is 11.5 Å². The number of aromatic amines is 1. The standard InChI is InChI=1S/C23H17ClF3N3O2/c1-31-21-10-15(4-9-20(21)32-13-18-8-7-17(24)11-28-18)19-12-29-22(30-19)14-2-5-16(6-3-14)23(25,26)27/h2-12H,13H2,1H3,(H,29,30). The van der Waals surface area contributed by atoms with Crippen molar-refractivity contribution in [2.75, 3.05) is 7.11 Å². The zero-order valence-corrected chi connectivity index (χ0v) is 17.5. The number of nitrogens with one attached hydrogen (secondary N) is 1. The topological polar surface area (TPSA) is 60.0 Å². The van der Waals surface area contributed by atoms with Crippen molar-refractivity contribution in [2.45, 2.75) is 12.8 Å². The maximum Gasteiger partial charge on any atom is 0.416 e. The highest BCUT2D eigenvalue weighted by molar-refractivity contribution is 6.30. The van der Waals surface area contributed by atoms with Gasteiger partial charge in [-0.15, -0.1) is 0 Å². The zero-order chi connectivity index (χ0) is 22.7. The molecule has 0 saturated heterocycles. The molecule has 0 bridgehead atoms. The predicted molar refractivity (Wildman–Crippen MR) is 115 cm³/mol. The van der Waals surface area contributed by atoms with Crippen LogP contribution < -0.4 is 9.47 Å². The third kappa shape index (κ3) is 4.86. The van der Waals surface area contributed by atoms with Gasteiger partial charge in [0, 0.05) is 17.3 Å². The molecule has 0 saturated carbocycles. The molecule has 0 amide bonds. The van der Waals surface area contributed by atoms with E-state index < -0.39 is 11.7 Å². The first-order chi connectivity index (χ1) is 15.3. The normalized spacial score (nSPS) is 11.4. The molecule has 0 aliphatic rings. The Hall–Kier alpha value is -3.52. The summed E-state index contributed by atoms with van der Waals surface area (Å²) < 4.78 is 49.5. The van der Waals surface area contributed by atoms with Crippen molar-refractivity contribution in [3.05, 3.63) is 83.3 Å². The molecule has 2 aromatic heterocycles. The lowest BCUT2D eigenvalue weighted by molar-refractivity contribution is -0.137. The third-order valence-electron chi connectivity index (χ3n) is 4.70. The number of imidazole rings is 1. The Labute approximate surface area is 186 Å². The minimum absolute atomic E-state index is 0.245. The van der Waals surface area contributed by atoms with E-state index in [1.54, 1.807) is 36.7 Å². The molecule has 0 radical (unpaired) electrons. The minimum Gasteiger partial charge on any atom is -0.493 e. The maximum atomic E-state index is 12.8. The number of H-pyrrole nitrogens is 1. The average molecular weight is 460 g/mol. The van der Waals surface area contributed by atoms with Crippen LogP contribution in [0.3, 0.4) is 0 Å². The molecule has 9 heteroatoms. The molecule has 0 fully saturated rings. The van der Waals surface area contributed by atoms with E-state index in [1.165, 1.54) is 19.2 Å². The quantitative estimate of drug-likeness (QED) is 0.362. The molecule has 4 rings (SSSR count). The second-order valence-corrected chi connectivity index (χ2v) is 7.28. The number of halogens is 4. The Morgan fingerprint density at radius 2 is 1.66 bits per heavy atom. The van der Waals surface area contributed by atoms with E-state index >= 15 is 0 Å². The molecule has 2 heterocycles. The average Bonchev–Trinajstić information content (AvgIpc) is 3.28. The fourth-order valence-corrected chi connectivity index (χ4v) is 3.14. The first-order valence-corrected chi connectivity index (χ1v) is 9.85. The largest absolute Gasteiger partial charge is 0.493 e. The lowest BCUT2D eigenvalue weighted by atomic mass is 10.1. The van der Waals surface area contributed by atoms with Gasteiger partial charge in [0.25, 0.3) is 0 Å². The molecule has 4 aromatic rings. The van der Waals surface area contributed by atoms with Crippen LogP contribution in [0.2, 0.25) is 5.02 Å². The van der Waals surface area contributed by atoms with Crippen molar-refractivity contribution in [1.82, 2.24) is 15.0 Å². The molecule has 0 aliphatic heterocycles. The Kier molecular flexibility index (Phi) is 6.05. The summed E-state index contributed by atoms with van der Waals surface area (Å²) in [6, 6.07) is 13.7. The summed E-state index contributed by atoms with van der Waals surface area (Å²) in [5.41, 5.74) is 2.03. The van der Waals surface area contributed by atoms with Crippen LogP contribution in [-0.2, 0) is 12.8 Å². The van der Waals surface area contributed by atoms with Crippen molar-refractivity contribution in [1.29, 1.82) is 0 Å². The predicted octanol–water partition coefficient (Wildman–Crippen LogP) is 6.40. The van der Waals surface area contributed by atoms with Gasteiger partial charge in [0.2, 0.25) is 0 Å². The van der Waals surface area contributed by atoms with Gasteiger partial charge in [-0.2, -0.15) is 13.2 Å². The molecule has 2 aromatic carbocycles. The summed E-state index contributed by atoms with van der Waals surface area (Å²) >= 11 is 5.84. The fraction of sp³-hybridized carbons (Fsp3) is 0.130. The van der Waals surface area contributed by atoms with Gasteiger partial charge in [-0.3, -0.25) is 4.98 Å². The SMILES string of the molecule is COc1cc(-c2cnc(-c3ccc(C(F)(F)F)cc3)[nH]2)ccc1OCc1ccc(Cl)cn1. The summed E-state index contributed by atoms with van der Waals surface area (Å²) in [5.74, 6) is 1.51.